The molecule has 1 unspecified atom stereocenters. The second kappa shape index (κ2) is 8.27. The van der Waals surface area contributed by atoms with E-state index < -0.39 is 23.4 Å². The van der Waals surface area contributed by atoms with Crippen molar-refractivity contribution in [1.82, 2.24) is 0 Å². The lowest BCUT2D eigenvalue weighted by Crippen LogP contribution is -2.25. The van der Waals surface area contributed by atoms with Gasteiger partial charge in [0.25, 0.3) is 0 Å². The number of carboxylic acid groups (broad SMARTS) is 1. The van der Waals surface area contributed by atoms with Gasteiger partial charge in [-0.25, -0.2) is 0 Å². The number of nitro groups is 1. The summed E-state index contributed by atoms with van der Waals surface area (Å²) >= 11 is 0. The third-order valence-corrected chi connectivity index (χ3v) is 2.02. The summed E-state index contributed by atoms with van der Waals surface area (Å²) < 4.78 is 0. The number of carboxylic acids is 1. The van der Waals surface area contributed by atoms with E-state index in [1.54, 1.807) is 24.3 Å². The van der Waals surface area contributed by atoms with Crippen molar-refractivity contribution in [3.8, 4) is 0 Å². The molecule has 5 nitrogen and oxygen atoms in total. The van der Waals surface area contributed by atoms with E-state index in [1.165, 1.54) is 0 Å². The summed E-state index contributed by atoms with van der Waals surface area (Å²) in [5.41, 5.74) is 0.778. The van der Waals surface area contributed by atoms with Gasteiger partial charge in [0.05, 0.1) is 0 Å². The molecule has 0 spiro atoms. The molecule has 0 aliphatic rings. The van der Waals surface area contributed by atoms with Gasteiger partial charge in [0, 0.05) is 11.3 Å². The van der Waals surface area contributed by atoms with E-state index in [4.69, 9.17) is 5.11 Å². The lowest BCUT2D eigenvalue weighted by molar-refractivity contribution is -0.521. The van der Waals surface area contributed by atoms with E-state index in [2.05, 4.69) is 0 Å². The average Bonchev–Trinajstić information content (AvgIpc) is 2.31. The van der Waals surface area contributed by atoms with Crippen LogP contribution in [0.4, 0.5) is 0 Å². The molecule has 0 aliphatic carbocycles. The maximum absolute atomic E-state index is 10.6. The number of nitrogens with zero attached hydrogens (tertiary/aromatic N) is 1. The van der Waals surface area contributed by atoms with E-state index >= 15 is 0 Å². The first-order chi connectivity index (χ1) is 8.09. The first-order valence-corrected chi connectivity index (χ1v) is 5.49. The highest BCUT2D eigenvalue weighted by Crippen LogP contribution is 2.08. The normalized spacial score (nSPS) is 10.9. The third kappa shape index (κ3) is 6.29. The molecule has 94 valence electrons. The zero-order valence-corrected chi connectivity index (χ0v) is 10.00. The smallest absolute Gasteiger partial charge is 0.310 e. The van der Waals surface area contributed by atoms with Crippen LogP contribution in [0.2, 0.25) is 0 Å². The predicted molar refractivity (Wildman–Crippen MR) is 64.5 cm³/mol. The van der Waals surface area contributed by atoms with E-state index in [-0.39, 0.29) is 6.42 Å². The highest BCUT2D eigenvalue weighted by Gasteiger charge is 2.23. The quantitative estimate of drug-likeness (QED) is 0.631. The van der Waals surface area contributed by atoms with Gasteiger partial charge >= 0.3 is 5.97 Å². The van der Waals surface area contributed by atoms with E-state index in [9.17, 15) is 14.9 Å². The van der Waals surface area contributed by atoms with Crippen LogP contribution in [0.15, 0.2) is 30.3 Å². The molecule has 0 bridgehead atoms. The Bertz CT molecular complexity index is 351. The third-order valence-electron chi connectivity index (χ3n) is 2.02. The molecular weight excluding hydrogens is 222 g/mol. The summed E-state index contributed by atoms with van der Waals surface area (Å²) in [7, 11) is 0. The maximum atomic E-state index is 10.6. The Kier molecular flexibility index (Phi) is 7.34. The second-order valence-corrected chi connectivity index (χ2v) is 3.23. The fourth-order valence-electron chi connectivity index (χ4n) is 1.31. The van der Waals surface area contributed by atoms with E-state index in [0.29, 0.717) is 0 Å². The standard InChI is InChI=1S/C10H11NO4.C2H6/c12-10(13)7-9(11(14)15)6-8-4-2-1-3-5-8;1-2/h1-5,9H,6-7H2,(H,12,13);1-2H3. The van der Waals surface area contributed by atoms with Gasteiger partial charge in [-0.05, 0) is 5.56 Å². The summed E-state index contributed by atoms with van der Waals surface area (Å²) in [5.74, 6) is -1.15. The molecule has 0 saturated heterocycles. The van der Waals surface area contributed by atoms with Crippen molar-refractivity contribution < 1.29 is 14.8 Å². The van der Waals surface area contributed by atoms with Crippen LogP contribution in [0.5, 0.6) is 0 Å². The van der Waals surface area contributed by atoms with Gasteiger partial charge in [-0.15, -0.1) is 0 Å². The minimum absolute atomic E-state index is 0.153. The Morgan fingerprint density at radius 3 is 2.29 bits per heavy atom. The van der Waals surface area contributed by atoms with Gasteiger partial charge < -0.3 is 5.11 Å². The summed E-state index contributed by atoms with van der Waals surface area (Å²) in [6.07, 6.45) is -0.290. The predicted octanol–water partition coefficient (Wildman–Crippen LogP) is 2.38. The van der Waals surface area contributed by atoms with Crippen molar-refractivity contribution in [2.24, 2.45) is 0 Å². The van der Waals surface area contributed by atoms with Crippen LogP contribution in [0.25, 0.3) is 0 Å². The van der Waals surface area contributed by atoms with Gasteiger partial charge in [0.2, 0.25) is 6.04 Å². The lowest BCUT2D eigenvalue weighted by atomic mass is 10.0. The van der Waals surface area contributed by atoms with Crippen molar-refractivity contribution in [2.45, 2.75) is 32.7 Å². The monoisotopic (exact) mass is 239 g/mol. The zero-order chi connectivity index (χ0) is 13.3. The van der Waals surface area contributed by atoms with Crippen molar-refractivity contribution in [3.05, 3.63) is 46.0 Å². The Hall–Kier alpha value is -1.91. The molecule has 0 aromatic heterocycles. The Balaban J connectivity index is 0.00000121. The van der Waals surface area contributed by atoms with Crippen LogP contribution in [0.3, 0.4) is 0 Å². The molecule has 17 heavy (non-hydrogen) atoms. The molecule has 1 N–H and O–H groups in total. The molecule has 0 amide bonds. The van der Waals surface area contributed by atoms with Gasteiger partial charge in [-0.1, -0.05) is 44.2 Å². The van der Waals surface area contributed by atoms with E-state index in [1.807, 2.05) is 19.9 Å². The maximum Gasteiger partial charge on any atom is 0.310 e. The molecule has 0 heterocycles. The van der Waals surface area contributed by atoms with Crippen molar-refractivity contribution >= 4 is 5.97 Å². The molecule has 0 fully saturated rings. The van der Waals surface area contributed by atoms with Gasteiger partial charge in [-0.2, -0.15) is 0 Å². The minimum Gasteiger partial charge on any atom is -0.481 e. The molecule has 0 aliphatic heterocycles. The molecule has 0 radical (unpaired) electrons. The summed E-state index contributed by atoms with van der Waals surface area (Å²) in [6.45, 7) is 4.00. The summed E-state index contributed by atoms with van der Waals surface area (Å²) in [4.78, 5) is 20.4. The highest BCUT2D eigenvalue weighted by molar-refractivity contribution is 5.67. The lowest BCUT2D eigenvalue weighted by Gasteiger charge is -2.06. The van der Waals surface area contributed by atoms with Crippen LogP contribution in [0, 0.1) is 10.1 Å². The minimum atomic E-state index is -1.15. The van der Waals surface area contributed by atoms with E-state index in [0.717, 1.165) is 5.56 Å². The number of rotatable bonds is 5. The Morgan fingerprint density at radius 1 is 1.35 bits per heavy atom. The fourth-order valence-corrected chi connectivity index (χ4v) is 1.31. The number of hydrogen-bond donors (Lipinski definition) is 1. The van der Waals surface area contributed by atoms with Crippen molar-refractivity contribution in [2.75, 3.05) is 0 Å². The summed E-state index contributed by atoms with van der Waals surface area (Å²) in [5, 5.41) is 19.1. The van der Waals surface area contributed by atoms with Crippen LogP contribution in [-0.2, 0) is 11.2 Å². The Labute approximate surface area is 100 Å². The van der Waals surface area contributed by atoms with Gasteiger partial charge in [0.1, 0.15) is 6.42 Å². The van der Waals surface area contributed by atoms with Crippen molar-refractivity contribution in [3.63, 3.8) is 0 Å². The molecule has 0 saturated carbocycles. The number of aliphatic carboxylic acids is 1. The molecule has 1 aromatic carbocycles. The first kappa shape index (κ1) is 15.1. The van der Waals surface area contributed by atoms with Crippen LogP contribution >= 0.6 is 0 Å². The van der Waals surface area contributed by atoms with Crippen LogP contribution < -0.4 is 0 Å². The molecule has 1 rings (SSSR count). The molecule has 1 aromatic rings. The number of hydrogen-bond acceptors (Lipinski definition) is 3. The highest BCUT2D eigenvalue weighted by atomic mass is 16.6. The number of benzene rings is 1. The molecule has 5 heteroatoms. The van der Waals surface area contributed by atoms with Crippen molar-refractivity contribution in [1.29, 1.82) is 0 Å². The first-order valence-electron chi connectivity index (χ1n) is 5.49. The zero-order valence-electron chi connectivity index (χ0n) is 10.00. The van der Waals surface area contributed by atoms with Crippen LogP contribution in [0.1, 0.15) is 25.8 Å². The average molecular weight is 239 g/mol. The Morgan fingerprint density at radius 2 is 1.88 bits per heavy atom. The largest absolute Gasteiger partial charge is 0.481 e. The fraction of sp³-hybridized carbons (Fsp3) is 0.417. The van der Waals surface area contributed by atoms with Gasteiger partial charge in [0.15, 0.2) is 0 Å². The van der Waals surface area contributed by atoms with Crippen LogP contribution in [-0.4, -0.2) is 22.0 Å². The van der Waals surface area contributed by atoms with Gasteiger partial charge in [-0.3, -0.25) is 14.9 Å². The SMILES string of the molecule is CC.O=C(O)CC(Cc1ccccc1)[N+](=O)[O-]. The topological polar surface area (TPSA) is 80.4 Å². The molecule has 1 atom stereocenters. The summed E-state index contributed by atoms with van der Waals surface area (Å²) in [6, 6.07) is 7.79. The second-order valence-electron chi connectivity index (χ2n) is 3.23. The molecular formula is C12H17NO4. The number of carbonyl (C=O) groups is 1.